The Morgan fingerprint density at radius 2 is 1.20 bits per heavy atom. The highest BCUT2D eigenvalue weighted by atomic mass is 28.3. The Balaban J connectivity index is 3.53. The summed E-state index contributed by atoms with van der Waals surface area (Å²) in [6.07, 6.45) is 7.28. The van der Waals surface area contributed by atoms with Crippen molar-refractivity contribution in [2.45, 2.75) is 65.3 Å². The van der Waals surface area contributed by atoms with Gasteiger partial charge < -0.3 is 8.85 Å². The van der Waals surface area contributed by atoms with Gasteiger partial charge in [0.1, 0.15) is 0 Å². The van der Waals surface area contributed by atoms with E-state index in [1.54, 1.807) is 0 Å². The molecule has 0 aromatic rings. The number of hydrogen-bond donors (Lipinski definition) is 0. The third-order valence-electron chi connectivity index (χ3n) is 2.40. The molecule has 0 radical (unpaired) electrons. The SMILES string of the molecule is CCCCO[SiH](CCCC)OCCCC. The highest BCUT2D eigenvalue weighted by molar-refractivity contribution is 6.44. The van der Waals surface area contributed by atoms with Gasteiger partial charge in [-0.2, -0.15) is 0 Å². The van der Waals surface area contributed by atoms with Gasteiger partial charge in [-0.3, -0.25) is 0 Å². The van der Waals surface area contributed by atoms with E-state index in [4.69, 9.17) is 8.85 Å². The molecular formula is C12H28O2Si. The van der Waals surface area contributed by atoms with E-state index < -0.39 is 9.28 Å². The van der Waals surface area contributed by atoms with Crippen LogP contribution in [0.25, 0.3) is 0 Å². The molecular weight excluding hydrogens is 204 g/mol. The number of hydrogen-bond acceptors (Lipinski definition) is 2. The van der Waals surface area contributed by atoms with Gasteiger partial charge in [0.15, 0.2) is 0 Å². The summed E-state index contributed by atoms with van der Waals surface area (Å²) in [4.78, 5) is 0. The van der Waals surface area contributed by atoms with Crippen LogP contribution in [-0.4, -0.2) is 22.5 Å². The summed E-state index contributed by atoms with van der Waals surface area (Å²) < 4.78 is 11.7. The van der Waals surface area contributed by atoms with Crippen LogP contribution in [0.1, 0.15) is 59.3 Å². The monoisotopic (exact) mass is 232 g/mol. The van der Waals surface area contributed by atoms with Gasteiger partial charge in [0, 0.05) is 13.2 Å². The zero-order valence-corrected chi connectivity index (χ0v) is 11.9. The summed E-state index contributed by atoms with van der Waals surface area (Å²) in [7, 11) is -1.31. The first kappa shape index (κ1) is 15.1. The molecule has 92 valence electrons. The molecule has 0 bridgehead atoms. The maximum atomic E-state index is 5.85. The summed E-state index contributed by atoms with van der Waals surface area (Å²) >= 11 is 0. The van der Waals surface area contributed by atoms with Crippen molar-refractivity contribution >= 4 is 9.28 Å². The van der Waals surface area contributed by atoms with Crippen molar-refractivity contribution in [3.05, 3.63) is 0 Å². The lowest BCUT2D eigenvalue weighted by Gasteiger charge is -2.16. The van der Waals surface area contributed by atoms with Gasteiger partial charge in [0.2, 0.25) is 0 Å². The Morgan fingerprint density at radius 1 is 0.733 bits per heavy atom. The van der Waals surface area contributed by atoms with Crippen molar-refractivity contribution in [2.75, 3.05) is 13.2 Å². The molecule has 0 unspecified atom stereocenters. The third-order valence-corrected chi connectivity index (χ3v) is 4.49. The molecule has 0 aliphatic rings. The Kier molecular flexibility index (Phi) is 12.3. The summed E-state index contributed by atoms with van der Waals surface area (Å²) in [5.74, 6) is 0. The predicted molar refractivity (Wildman–Crippen MR) is 68.6 cm³/mol. The Morgan fingerprint density at radius 3 is 1.60 bits per heavy atom. The minimum absolute atomic E-state index is 0.906. The molecule has 15 heavy (non-hydrogen) atoms. The molecule has 0 N–H and O–H groups in total. The standard InChI is InChI=1S/C12H28O2Si/c1-4-7-10-13-15(12-9-6-3)14-11-8-5-2/h15H,4-12H2,1-3H3. The zero-order chi connectivity index (χ0) is 11.4. The van der Waals surface area contributed by atoms with E-state index in [9.17, 15) is 0 Å². The second-order valence-corrected chi connectivity index (χ2v) is 6.12. The van der Waals surface area contributed by atoms with Crippen LogP contribution in [0.5, 0.6) is 0 Å². The van der Waals surface area contributed by atoms with Crippen molar-refractivity contribution < 1.29 is 8.85 Å². The van der Waals surface area contributed by atoms with E-state index in [-0.39, 0.29) is 0 Å². The molecule has 0 aliphatic carbocycles. The van der Waals surface area contributed by atoms with Crippen LogP contribution in [0.3, 0.4) is 0 Å². The minimum atomic E-state index is -1.31. The molecule has 0 fully saturated rings. The van der Waals surface area contributed by atoms with Crippen LogP contribution in [0.4, 0.5) is 0 Å². The molecule has 0 aromatic carbocycles. The van der Waals surface area contributed by atoms with Gasteiger partial charge >= 0.3 is 9.28 Å². The molecule has 0 saturated heterocycles. The van der Waals surface area contributed by atoms with Crippen molar-refractivity contribution in [3.63, 3.8) is 0 Å². The third kappa shape index (κ3) is 10.4. The number of rotatable bonds is 11. The average Bonchev–Trinajstić information content (AvgIpc) is 2.25. The van der Waals surface area contributed by atoms with Crippen LogP contribution in [0, 0.1) is 0 Å². The van der Waals surface area contributed by atoms with Crippen LogP contribution >= 0.6 is 0 Å². The summed E-state index contributed by atoms with van der Waals surface area (Å²) in [5, 5.41) is 0. The lowest BCUT2D eigenvalue weighted by molar-refractivity contribution is 0.190. The molecule has 0 heterocycles. The van der Waals surface area contributed by atoms with Gasteiger partial charge in [0.05, 0.1) is 0 Å². The average molecular weight is 232 g/mol. The van der Waals surface area contributed by atoms with E-state index in [1.165, 1.54) is 44.6 Å². The Hall–Kier alpha value is 0.137. The summed E-state index contributed by atoms with van der Waals surface area (Å²) in [6, 6.07) is 1.18. The van der Waals surface area contributed by atoms with Crippen molar-refractivity contribution in [1.29, 1.82) is 0 Å². The van der Waals surface area contributed by atoms with Crippen molar-refractivity contribution in [1.82, 2.24) is 0 Å². The first-order valence-corrected chi connectivity index (χ1v) is 8.34. The van der Waals surface area contributed by atoms with Gasteiger partial charge in [-0.05, 0) is 18.9 Å². The second-order valence-electron chi connectivity index (χ2n) is 4.02. The van der Waals surface area contributed by atoms with E-state index >= 15 is 0 Å². The molecule has 0 aromatic heterocycles. The van der Waals surface area contributed by atoms with E-state index in [0.29, 0.717) is 0 Å². The molecule has 2 nitrogen and oxygen atoms in total. The molecule has 3 heteroatoms. The Bertz CT molecular complexity index is 110. The topological polar surface area (TPSA) is 18.5 Å². The fraction of sp³-hybridized carbons (Fsp3) is 1.00. The lowest BCUT2D eigenvalue weighted by Crippen LogP contribution is -2.23. The van der Waals surface area contributed by atoms with Gasteiger partial charge in [0.25, 0.3) is 0 Å². The Labute approximate surface area is 97.2 Å². The zero-order valence-electron chi connectivity index (χ0n) is 10.8. The van der Waals surface area contributed by atoms with Gasteiger partial charge in [-0.15, -0.1) is 0 Å². The van der Waals surface area contributed by atoms with E-state index in [0.717, 1.165) is 13.2 Å². The van der Waals surface area contributed by atoms with Crippen LogP contribution in [-0.2, 0) is 8.85 Å². The predicted octanol–water partition coefficient (Wildman–Crippen LogP) is 3.64. The first-order chi connectivity index (χ1) is 7.35. The molecule has 0 rings (SSSR count). The quantitative estimate of drug-likeness (QED) is 0.400. The van der Waals surface area contributed by atoms with E-state index in [2.05, 4.69) is 20.8 Å². The highest BCUT2D eigenvalue weighted by Gasteiger charge is 2.11. The van der Waals surface area contributed by atoms with Crippen molar-refractivity contribution in [2.24, 2.45) is 0 Å². The smallest absolute Gasteiger partial charge is 0.321 e. The van der Waals surface area contributed by atoms with Crippen LogP contribution < -0.4 is 0 Å². The van der Waals surface area contributed by atoms with Gasteiger partial charge in [-0.1, -0.05) is 46.5 Å². The maximum Gasteiger partial charge on any atom is 0.321 e. The van der Waals surface area contributed by atoms with Crippen molar-refractivity contribution in [3.8, 4) is 0 Å². The minimum Gasteiger partial charge on any atom is -0.397 e. The molecule has 0 atom stereocenters. The normalized spacial score (nSPS) is 11.2. The fourth-order valence-corrected chi connectivity index (χ4v) is 3.33. The molecule has 0 spiro atoms. The summed E-state index contributed by atoms with van der Waals surface area (Å²) in [5.41, 5.74) is 0. The molecule has 0 saturated carbocycles. The van der Waals surface area contributed by atoms with E-state index in [1.807, 2.05) is 0 Å². The molecule has 0 amide bonds. The fourth-order valence-electron chi connectivity index (χ4n) is 1.30. The summed E-state index contributed by atoms with van der Waals surface area (Å²) in [6.45, 7) is 8.43. The highest BCUT2D eigenvalue weighted by Crippen LogP contribution is 2.06. The van der Waals surface area contributed by atoms with Crippen LogP contribution in [0.15, 0.2) is 0 Å². The lowest BCUT2D eigenvalue weighted by atomic mass is 10.4. The second kappa shape index (κ2) is 12.2. The van der Waals surface area contributed by atoms with Gasteiger partial charge in [-0.25, -0.2) is 0 Å². The van der Waals surface area contributed by atoms with Crippen LogP contribution in [0.2, 0.25) is 6.04 Å². The first-order valence-electron chi connectivity index (χ1n) is 6.58. The maximum absolute atomic E-state index is 5.85. The largest absolute Gasteiger partial charge is 0.397 e. The molecule has 0 aliphatic heterocycles. The number of unbranched alkanes of at least 4 members (excludes halogenated alkanes) is 3.